The average molecular weight is 554 g/mol. The summed E-state index contributed by atoms with van der Waals surface area (Å²) in [5.74, 6) is -1.89. The summed E-state index contributed by atoms with van der Waals surface area (Å²) in [5, 5.41) is 5.20. The molecule has 0 rings (SSSR count). The third-order valence-electron chi connectivity index (χ3n) is 4.59. The van der Waals surface area contributed by atoms with Gasteiger partial charge >= 0.3 is 24.0 Å². The molecule has 13 heteroatoms. The predicted molar refractivity (Wildman–Crippen MR) is 143 cm³/mol. The summed E-state index contributed by atoms with van der Waals surface area (Å²) in [6, 6.07) is 0. The van der Waals surface area contributed by atoms with E-state index in [4.69, 9.17) is 18.9 Å². The molecule has 0 aromatic rings. The average Bonchev–Trinajstić information content (AvgIpc) is 2.88. The largest absolute Gasteiger partial charge is 0.462 e. The first kappa shape index (κ1) is 34.8. The molecule has 0 aliphatic carbocycles. The predicted octanol–water partition coefficient (Wildman–Crippen LogP) is 0.897. The number of rotatable bonds is 20. The first-order valence-electron chi connectivity index (χ1n) is 12.4. The second-order valence-electron chi connectivity index (χ2n) is 8.41. The van der Waals surface area contributed by atoms with Gasteiger partial charge < -0.3 is 34.5 Å². The van der Waals surface area contributed by atoms with E-state index in [1.165, 1.54) is 13.8 Å². The lowest BCUT2D eigenvalue weighted by atomic mass is 10.3. The van der Waals surface area contributed by atoms with Crippen molar-refractivity contribution in [3.05, 3.63) is 36.7 Å². The standard InChI is InChI=1S/C26H40N4O9/c1-20(2)24(33)37-16-11-28-26(35)39-17-15-30(6)14-13-29(5)12-7-10-27-22(31)8-9-23(32)36-18-19-38-25(34)21(3)4/h13-14H,1,3,6-12,15-19H2,2,4-5H3,(H-,27,28,31,35)/p+1. The van der Waals surface area contributed by atoms with E-state index in [0.29, 0.717) is 26.1 Å². The van der Waals surface area contributed by atoms with Crippen molar-refractivity contribution in [1.29, 1.82) is 0 Å². The van der Waals surface area contributed by atoms with E-state index >= 15 is 0 Å². The second kappa shape index (κ2) is 20.8. The smallest absolute Gasteiger partial charge is 0.407 e. The lowest BCUT2D eigenvalue weighted by Gasteiger charge is -2.13. The van der Waals surface area contributed by atoms with Crippen LogP contribution in [0.5, 0.6) is 0 Å². The van der Waals surface area contributed by atoms with Crippen LogP contribution in [-0.4, -0.2) is 106 Å². The van der Waals surface area contributed by atoms with E-state index in [1.54, 1.807) is 17.0 Å². The number of nitrogens with zero attached hydrogens (tertiary/aromatic N) is 2. The Bertz CT molecular complexity index is 915. The Morgan fingerprint density at radius 1 is 0.821 bits per heavy atom. The number of carbonyl (C=O) groups is 5. The maximum atomic E-state index is 11.9. The van der Waals surface area contributed by atoms with Crippen LogP contribution in [-0.2, 0) is 38.1 Å². The van der Waals surface area contributed by atoms with Gasteiger partial charge in [0, 0.05) is 37.7 Å². The molecule has 0 aromatic heterocycles. The van der Waals surface area contributed by atoms with Gasteiger partial charge in [-0.05, 0) is 20.3 Å². The van der Waals surface area contributed by atoms with Gasteiger partial charge in [-0.1, -0.05) is 13.2 Å². The fraction of sp³-hybridized carbons (Fsp3) is 0.538. The summed E-state index contributed by atoms with van der Waals surface area (Å²) >= 11 is 0. The summed E-state index contributed by atoms with van der Waals surface area (Å²) in [4.78, 5) is 59.4. The molecular formula is C26H41N4O9+. The Morgan fingerprint density at radius 3 is 2.08 bits per heavy atom. The van der Waals surface area contributed by atoms with E-state index < -0.39 is 24.0 Å². The molecule has 39 heavy (non-hydrogen) atoms. The highest BCUT2D eigenvalue weighted by Crippen LogP contribution is 1.96. The van der Waals surface area contributed by atoms with Gasteiger partial charge in [-0.2, -0.15) is 0 Å². The molecule has 2 N–H and O–H groups in total. The van der Waals surface area contributed by atoms with E-state index in [-0.39, 0.29) is 62.9 Å². The molecule has 0 unspecified atom stereocenters. The van der Waals surface area contributed by atoms with Crippen molar-refractivity contribution in [3.63, 3.8) is 0 Å². The summed E-state index contributed by atoms with van der Waals surface area (Å²) in [6.07, 6.45) is 3.50. The van der Waals surface area contributed by atoms with Crippen molar-refractivity contribution in [2.75, 3.05) is 59.7 Å². The monoisotopic (exact) mass is 553 g/mol. The van der Waals surface area contributed by atoms with Crippen molar-refractivity contribution >= 4 is 36.6 Å². The molecule has 0 aliphatic heterocycles. The minimum Gasteiger partial charge on any atom is -0.462 e. The number of amides is 2. The minimum absolute atomic E-state index is 0.000845. The molecule has 0 radical (unpaired) electrons. The lowest BCUT2D eigenvalue weighted by Crippen LogP contribution is -2.30. The molecule has 0 bridgehead atoms. The Labute approximate surface area is 229 Å². The van der Waals surface area contributed by atoms with Gasteiger partial charge in [0.15, 0.2) is 19.4 Å². The summed E-state index contributed by atoms with van der Waals surface area (Å²) in [7, 11) is 1.86. The molecular weight excluding hydrogens is 512 g/mol. The Morgan fingerprint density at radius 2 is 1.44 bits per heavy atom. The van der Waals surface area contributed by atoms with E-state index in [2.05, 4.69) is 30.5 Å². The van der Waals surface area contributed by atoms with Crippen LogP contribution in [0.4, 0.5) is 4.79 Å². The molecule has 0 saturated carbocycles. The van der Waals surface area contributed by atoms with Crippen LogP contribution in [0.2, 0.25) is 0 Å². The Kier molecular flexibility index (Phi) is 18.6. The fourth-order valence-electron chi connectivity index (χ4n) is 2.43. The van der Waals surface area contributed by atoms with Crippen molar-refractivity contribution < 1.29 is 47.5 Å². The molecule has 0 heterocycles. The summed E-state index contributed by atoms with van der Waals surface area (Å²) in [5.41, 5.74) is 0.540. The van der Waals surface area contributed by atoms with Crippen LogP contribution in [0.1, 0.15) is 33.1 Å². The highest BCUT2D eigenvalue weighted by molar-refractivity contribution is 5.87. The van der Waals surface area contributed by atoms with Crippen LogP contribution in [0, 0.1) is 0 Å². The van der Waals surface area contributed by atoms with Crippen molar-refractivity contribution in [2.45, 2.75) is 33.1 Å². The summed E-state index contributed by atoms with van der Waals surface area (Å²) in [6.45, 7) is 15.3. The first-order valence-corrected chi connectivity index (χ1v) is 12.4. The summed E-state index contributed by atoms with van der Waals surface area (Å²) < 4.78 is 21.2. The lowest BCUT2D eigenvalue weighted by molar-refractivity contribution is -0.451. The normalized spacial score (nSPS) is 10.2. The maximum absolute atomic E-state index is 11.9. The van der Waals surface area contributed by atoms with Gasteiger partial charge in [0.05, 0.1) is 19.2 Å². The van der Waals surface area contributed by atoms with Gasteiger partial charge in [-0.3, -0.25) is 9.59 Å². The van der Waals surface area contributed by atoms with Gasteiger partial charge in [-0.15, -0.1) is 0 Å². The van der Waals surface area contributed by atoms with Gasteiger partial charge in [-0.25, -0.2) is 19.0 Å². The SMILES string of the molecule is C=C(C)C(=O)OCCNC(=O)OCC[N+](=C)C=CN(C)CCCNC(=O)CCC(=O)OCCOC(=O)C(=C)C. The number of nitrogens with one attached hydrogen (secondary N) is 2. The fourth-order valence-corrected chi connectivity index (χ4v) is 2.43. The van der Waals surface area contributed by atoms with Crippen molar-refractivity contribution in [1.82, 2.24) is 15.5 Å². The van der Waals surface area contributed by atoms with Crippen LogP contribution < -0.4 is 10.6 Å². The van der Waals surface area contributed by atoms with Crippen LogP contribution in [0.3, 0.4) is 0 Å². The number of ether oxygens (including phenoxy) is 4. The van der Waals surface area contributed by atoms with Gasteiger partial charge in [0.2, 0.25) is 5.91 Å². The molecule has 13 nitrogen and oxygen atoms in total. The van der Waals surface area contributed by atoms with Crippen LogP contribution in [0.25, 0.3) is 0 Å². The first-order chi connectivity index (χ1) is 18.4. The number of alkyl carbamates (subject to hydrolysis) is 1. The molecule has 0 saturated heterocycles. The zero-order valence-corrected chi connectivity index (χ0v) is 23.1. The van der Waals surface area contributed by atoms with Gasteiger partial charge in [0.1, 0.15) is 26.5 Å². The number of hydrogen-bond donors (Lipinski definition) is 2. The quantitative estimate of drug-likeness (QED) is 0.0555. The second-order valence-corrected chi connectivity index (χ2v) is 8.41. The van der Waals surface area contributed by atoms with E-state index in [1.807, 2.05) is 11.9 Å². The molecule has 0 aliphatic rings. The maximum Gasteiger partial charge on any atom is 0.407 e. The zero-order valence-electron chi connectivity index (χ0n) is 23.1. The van der Waals surface area contributed by atoms with Crippen molar-refractivity contribution in [2.24, 2.45) is 0 Å². The molecule has 2 amide bonds. The molecule has 0 aromatic carbocycles. The topological polar surface area (TPSA) is 153 Å². The Balaban J connectivity index is 3.84. The number of carbonyl (C=O) groups excluding carboxylic acids is 5. The minimum atomic E-state index is -0.628. The van der Waals surface area contributed by atoms with Crippen LogP contribution >= 0.6 is 0 Å². The highest BCUT2D eigenvalue weighted by Gasteiger charge is 2.09. The zero-order chi connectivity index (χ0) is 29.6. The van der Waals surface area contributed by atoms with Crippen molar-refractivity contribution in [3.8, 4) is 0 Å². The van der Waals surface area contributed by atoms with Crippen LogP contribution in [0.15, 0.2) is 36.7 Å². The highest BCUT2D eigenvalue weighted by atomic mass is 16.6. The molecule has 0 spiro atoms. The third kappa shape index (κ3) is 20.6. The van der Waals surface area contributed by atoms with Gasteiger partial charge in [0.25, 0.3) is 0 Å². The molecule has 218 valence electrons. The van der Waals surface area contributed by atoms with E-state index in [0.717, 1.165) is 0 Å². The third-order valence-corrected chi connectivity index (χ3v) is 4.59. The van der Waals surface area contributed by atoms with E-state index in [9.17, 15) is 24.0 Å². The molecule has 0 atom stereocenters. The Hall–Kier alpha value is -4.16. The number of hydrogen-bond acceptors (Lipinski definition) is 10. The molecule has 0 fully saturated rings. The number of esters is 3.